The van der Waals surface area contributed by atoms with Gasteiger partial charge in [0.1, 0.15) is 6.04 Å². The van der Waals surface area contributed by atoms with Gasteiger partial charge in [0.15, 0.2) is 0 Å². The number of aromatic amines is 1. The Balaban J connectivity index is 0.000000795. The summed E-state index contributed by atoms with van der Waals surface area (Å²) >= 11 is 0. The molecule has 4 aromatic rings. The zero-order valence-electron chi connectivity index (χ0n) is 19.7. The van der Waals surface area contributed by atoms with E-state index < -0.39 is 17.9 Å². The first-order valence-corrected chi connectivity index (χ1v) is 11.2. The molecule has 0 fully saturated rings. The predicted molar refractivity (Wildman–Crippen MR) is 134 cm³/mol. The molecule has 0 spiro atoms. The number of amides is 2. The van der Waals surface area contributed by atoms with Crippen molar-refractivity contribution in [1.82, 2.24) is 19.9 Å². The van der Waals surface area contributed by atoms with Crippen molar-refractivity contribution in [3.05, 3.63) is 78.4 Å². The normalized spacial score (nSPS) is 11.4. The highest BCUT2D eigenvalue weighted by molar-refractivity contribution is 6.01. The number of fused-ring (bicyclic) bond motifs is 1. The highest BCUT2D eigenvalue weighted by Crippen LogP contribution is 2.30. The van der Waals surface area contributed by atoms with E-state index in [2.05, 4.69) is 15.3 Å². The summed E-state index contributed by atoms with van der Waals surface area (Å²) in [5, 5.41) is 11.2. The number of hydrogen-bond acceptors (Lipinski definition) is 4. The standard InChI is InChI=1S/C24H25N5O2.C2H4O2/c1-16-19-15-18(6-7-20(19)27-22(16)17-8-10-26-11-9-17)24(31)28-21(23(25)30)5-4-14-29-12-2-3-13-29;1-2(3)4/h2-3,6-13,15,21,27H,4-5,14H2,1H3,(H2,25,30)(H,28,31);1H3,(H,3,4)/t21-;/m0./s1. The van der Waals surface area contributed by atoms with Crippen LogP contribution in [0.15, 0.2) is 67.3 Å². The number of aryl methyl sites for hydroxylation is 2. The molecule has 0 unspecified atom stereocenters. The summed E-state index contributed by atoms with van der Waals surface area (Å²) in [6.07, 6.45) is 8.64. The molecular weight excluding hydrogens is 446 g/mol. The number of benzene rings is 1. The van der Waals surface area contributed by atoms with Crippen LogP contribution in [0.1, 0.15) is 35.7 Å². The largest absolute Gasteiger partial charge is 0.481 e. The van der Waals surface area contributed by atoms with Crippen molar-refractivity contribution >= 4 is 28.7 Å². The van der Waals surface area contributed by atoms with Gasteiger partial charge in [-0.15, -0.1) is 0 Å². The van der Waals surface area contributed by atoms with Crippen molar-refractivity contribution in [2.45, 2.75) is 39.3 Å². The molecule has 0 bridgehead atoms. The molecule has 0 aliphatic rings. The van der Waals surface area contributed by atoms with Gasteiger partial charge in [-0.2, -0.15) is 0 Å². The van der Waals surface area contributed by atoms with Crippen LogP contribution in [0.4, 0.5) is 0 Å². The molecule has 3 aromatic heterocycles. The number of pyridine rings is 1. The Hall–Kier alpha value is -4.40. The third-order valence-electron chi connectivity index (χ3n) is 5.51. The molecule has 9 heteroatoms. The number of carbonyl (C=O) groups is 3. The maximum Gasteiger partial charge on any atom is 0.300 e. The summed E-state index contributed by atoms with van der Waals surface area (Å²) in [6, 6.07) is 12.6. The van der Waals surface area contributed by atoms with Crippen LogP contribution in [-0.4, -0.2) is 43.5 Å². The number of aromatic nitrogens is 3. The number of aliphatic carboxylic acids is 1. The number of rotatable bonds is 8. The topological polar surface area (TPSA) is 143 Å². The molecule has 182 valence electrons. The molecule has 2 amide bonds. The number of carboxylic acid groups (broad SMARTS) is 1. The quantitative estimate of drug-likeness (QED) is 0.308. The Morgan fingerprint density at radius 1 is 1.14 bits per heavy atom. The highest BCUT2D eigenvalue weighted by Gasteiger charge is 2.19. The van der Waals surface area contributed by atoms with Crippen LogP contribution in [0, 0.1) is 6.92 Å². The highest BCUT2D eigenvalue weighted by atomic mass is 16.4. The molecule has 0 saturated heterocycles. The Morgan fingerprint density at radius 2 is 1.80 bits per heavy atom. The zero-order valence-corrected chi connectivity index (χ0v) is 19.7. The summed E-state index contributed by atoms with van der Waals surface area (Å²) in [5.74, 6) is -1.67. The van der Waals surface area contributed by atoms with E-state index >= 15 is 0 Å². The first-order valence-electron chi connectivity index (χ1n) is 11.2. The van der Waals surface area contributed by atoms with E-state index in [1.54, 1.807) is 18.5 Å². The van der Waals surface area contributed by atoms with Gasteiger partial charge in [-0.25, -0.2) is 0 Å². The van der Waals surface area contributed by atoms with Gasteiger partial charge >= 0.3 is 0 Å². The van der Waals surface area contributed by atoms with E-state index in [-0.39, 0.29) is 5.91 Å². The third kappa shape index (κ3) is 6.80. The summed E-state index contributed by atoms with van der Waals surface area (Å²) in [5.41, 5.74) is 10.0. The lowest BCUT2D eigenvalue weighted by molar-refractivity contribution is -0.134. The van der Waals surface area contributed by atoms with Crippen molar-refractivity contribution in [2.75, 3.05) is 0 Å². The molecule has 0 radical (unpaired) electrons. The number of carbonyl (C=O) groups excluding carboxylic acids is 2. The van der Waals surface area contributed by atoms with Crippen LogP contribution in [0.3, 0.4) is 0 Å². The van der Waals surface area contributed by atoms with Crippen LogP contribution >= 0.6 is 0 Å². The number of carboxylic acids is 1. The summed E-state index contributed by atoms with van der Waals surface area (Å²) < 4.78 is 2.03. The average Bonchev–Trinajstić information content (AvgIpc) is 3.46. The molecule has 0 aliphatic heterocycles. The maximum absolute atomic E-state index is 12.8. The van der Waals surface area contributed by atoms with Crippen LogP contribution in [0.25, 0.3) is 22.2 Å². The number of nitrogens with zero attached hydrogens (tertiary/aromatic N) is 2. The first kappa shape index (κ1) is 25.2. The lowest BCUT2D eigenvalue weighted by atomic mass is 10.0. The number of nitrogens with one attached hydrogen (secondary N) is 2. The lowest BCUT2D eigenvalue weighted by Gasteiger charge is -2.16. The Bertz CT molecular complexity index is 1290. The molecule has 1 aromatic carbocycles. The van der Waals surface area contributed by atoms with Crippen molar-refractivity contribution in [3.8, 4) is 11.3 Å². The van der Waals surface area contributed by atoms with Gasteiger partial charge in [-0.05, 0) is 67.8 Å². The fourth-order valence-corrected chi connectivity index (χ4v) is 3.80. The fraction of sp³-hybridized carbons (Fsp3) is 0.231. The van der Waals surface area contributed by atoms with Gasteiger partial charge in [-0.1, -0.05) is 0 Å². The minimum absolute atomic E-state index is 0.308. The van der Waals surface area contributed by atoms with Gasteiger partial charge in [0.2, 0.25) is 5.91 Å². The van der Waals surface area contributed by atoms with Gasteiger partial charge in [-0.3, -0.25) is 19.4 Å². The first-order chi connectivity index (χ1) is 16.8. The minimum atomic E-state index is -0.833. The minimum Gasteiger partial charge on any atom is -0.481 e. The van der Waals surface area contributed by atoms with Crippen molar-refractivity contribution in [3.63, 3.8) is 0 Å². The van der Waals surface area contributed by atoms with Crippen LogP contribution < -0.4 is 11.1 Å². The molecule has 3 heterocycles. The maximum atomic E-state index is 12.8. The van der Waals surface area contributed by atoms with E-state index in [0.717, 1.165) is 47.6 Å². The van der Waals surface area contributed by atoms with Crippen molar-refractivity contribution < 1.29 is 19.5 Å². The van der Waals surface area contributed by atoms with Crippen molar-refractivity contribution in [2.24, 2.45) is 5.73 Å². The molecule has 35 heavy (non-hydrogen) atoms. The van der Waals surface area contributed by atoms with Crippen LogP contribution in [0.5, 0.6) is 0 Å². The van der Waals surface area contributed by atoms with Crippen LogP contribution in [0.2, 0.25) is 0 Å². The Labute approximate surface area is 203 Å². The van der Waals surface area contributed by atoms with Gasteiger partial charge in [0, 0.05) is 66.0 Å². The second-order valence-electron chi connectivity index (χ2n) is 8.13. The summed E-state index contributed by atoms with van der Waals surface area (Å²) in [4.78, 5) is 41.2. The molecule has 4 rings (SSSR count). The third-order valence-corrected chi connectivity index (χ3v) is 5.51. The molecular formula is C26H29N5O4. The zero-order chi connectivity index (χ0) is 25.4. The molecule has 1 atom stereocenters. The van der Waals surface area contributed by atoms with Crippen molar-refractivity contribution in [1.29, 1.82) is 0 Å². The van der Waals surface area contributed by atoms with E-state index in [4.69, 9.17) is 15.6 Å². The van der Waals surface area contributed by atoms with E-state index in [1.807, 2.05) is 60.3 Å². The number of primary amides is 1. The van der Waals surface area contributed by atoms with Gasteiger partial charge in [0.05, 0.1) is 0 Å². The molecule has 5 N–H and O–H groups in total. The second kappa shape index (κ2) is 11.6. The van der Waals surface area contributed by atoms with E-state index in [9.17, 15) is 9.59 Å². The monoisotopic (exact) mass is 475 g/mol. The molecule has 9 nitrogen and oxygen atoms in total. The fourth-order valence-electron chi connectivity index (χ4n) is 3.80. The summed E-state index contributed by atoms with van der Waals surface area (Å²) in [7, 11) is 0. The molecule has 0 saturated carbocycles. The van der Waals surface area contributed by atoms with E-state index in [1.165, 1.54) is 0 Å². The van der Waals surface area contributed by atoms with Gasteiger partial charge < -0.3 is 25.7 Å². The van der Waals surface area contributed by atoms with Gasteiger partial charge in [0.25, 0.3) is 11.9 Å². The number of nitrogens with two attached hydrogens (primary N) is 1. The smallest absolute Gasteiger partial charge is 0.300 e. The SMILES string of the molecule is CC(=O)O.Cc1c(-c2ccncc2)[nH]c2ccc(C(=O)N[C@@H](CCCn3cccc3)C(N)=O)cc12. The number of H-pyrrole nitrogens is 1. The second-order valence-corrected chi connectivity index (χ2v) is 8.13. The summed E-state index contributed by atoms with van der Waals surface area (Å²) in [6.45, 7) is 3.86. The number of hydrogen-bond donors (Lipinski definition) is 4. The Kier molecular flexibility index (Phi) is 8.39. The van der Waals surface area contributed by atoms with E-state index in [0.29, 0.717) is 12.0 Å². The predicted octanol–water partition coefficient (Wildman–Crippen LogP) is 3.49. The molecule has 0 aliphatic carbocycles. The average molecular weight is 476 g/mol. The lowest BCUT2D eigenvalue weighted by Crippen LogP contribution is -2.44. The Morgan fingerprint density at radius 3 is 2.43 bits per heavy atom. The van der Waals surface area contributed by atoms with Crippen LogP contribution in [-0.2, 0) is 16.1 Å².